The van der Waals surface area contributed by atoms with Gasteiger partial charge >= 0.3 is 41.7 Å². The van der Waals surface area contributed by atoms with E-state index in [9.17, 15) is 0 Å². The van der Waals surface area contributed by atoms with E-state index in [1.807, 2.05) is 0 Å². The Bertz CT molecular complexity index is 123. The van der Waals surface area contributed by atoms with Crippen LogP contribution in [0.4, 0.5) is 0 Å². The van der Waals surface area contributed by atoms with Crippen molar-refractivity contribution < 1.29 is 47.2 Å². The number of rotatable bonds is 15. The summed E-state index contributed by atoms with van der Waals surface area (Å²) >= 11 is 0. The molecule has 0 aromatic rings. The normalized spacial score (nSPS) is 9.90. The van der Waals surface area contributed by atoms with Crippen molar-refractivity contribution in [3.8, 4) is 0 Å². The van der Waals surface area contributed by atoms with E-state index in [2.05, 4.69) is 13.8 Å². The SMILES string of the molecule is [CH2-]CCCCCCCCCCCCCCCCC.[Ce+3].[O-2]. The average molecular weight is 410 g/mol. The van der Waals surface area contributed by atoms with Crippen molar-refractivity contribution >= 4 is 0 Å². The Kier molecular flexibility index (Phi) is 33.2. The smallest absolute Gasteiger partial charge is 2.00 e. The molecule has 119 valence electrons. The number of hydrogen-bond acceptors (Lipinski definition) is 0. The van der Waals surface area contributed by atoms with Gasteiger partial charge in [-0.05, 0) is 0 Å². The first kappa shape index (κ1) is 26.2. The van der Waals surface area contributed by atoms with E-state index in [1.54, 1.807) is 0 Å². The fourth-order valence-electron chi connectivity index (χ4n) is 2.55. The fraction of sp³-hybridized carbons (Fsp3) is 0.944. The molecular weight excluding hydrogens is 372 g/mol. The minimum atomic E-state index is 0. The Morgan fingerprint density at radius 1 is 0.500 bits per heavy atom. The van der Waals surface area contributed by atoms with Gasteiger partial charge in [0.15, 0.2) is 0 Å². The van der Waals surface area contributed by atoms with Gasteiger partial charge in [-0.15, -0.1) is 0 Å². The zero-order chi connectivity index (χ0) is 13.3. The van der Waals surface area contributed by atoms with Crippen molar-refractivity contribution in [1.82, 2.24) is 0 Å². The van der Waals surface area contributed by atoms with Gasteiger partial charge in [-0.25, -0.2) is 0 Å². The van der Waals surface area contributed by atoms with Crippen molar-refractivity contribution in [2.75, 3.05) is 0 Å². The first-order valence-corrected chi connectivity index (χ1v) is 8.71. The minimum absolute atomic E-state index is 0. The van der Waals surface area contributed by atoms with E-state index >= 15 is 0 Å². The summed E-state index contributed by atoms with van der Waals surface area (Å²) in [5.41, 5.74) is 0. The largest absolute Gasteiger partial charge is 3.00 e. The molecule has 0 amide bonds. The summed E-state index contributed by atoms with van der Waals surface area (Å²) in [6.45, 7) is 6.18. The van der Waals surface area contributed by atoms with Gasteiger partial charge in [0, 0.05) is 0 Å². The molecule has 0 unspecified atom stereocenters. The molecule has 0 aliphatic rings. The summed E-state index contributed by atoms with van der Waals surface area (Å²) in [5, 5.41) is 0. The zero-order valence-corrected chi connectivity index (χ0v) is 17.1. The molecule has 0 aliphatic carbocycles. The Morgan fingerprint density at radius 3 is 1.00 bits per heavy atom. The Balaban J connectivity index is -0.00000144. The summed E-state index contributed by atoms with van der Waals surface area (Å²) in [7, 11) is 0. The van der Waals surface area contributed by atoms with E-state index in [0.717, 1.165) is 6.42 Å². The molecule has 1 nitrogen and oxygen atoms in total. The van der Waals surface area contributed by atoms with Gasteiger partial charge in [0.25, 0.3) is 0 Å². The van der Waals surface area contributed by atoms with E-state index < -0.39 is 0 Å². The number of hydrogen-bond donors (Lipinski definition) is 0. The second-order valence-electron chi connectivity index (χ2n) is 5.80. The Hall–Kier alpha value is 1.34. The molecule has 1 radical (unpaired) electrons. The maximum Gasteiger partial charge on any atom is 3.00 e. The standard InChI is InChI=1S/C18H37.Ce.O/c1-3-5-7-9-11-13-15-17-18-16-14-12-10-8-6-4-2;;/h1,3-18H2,2H3;;/q-1;+3;-2. The quantitative estimate of drug-likeness (QED) is 0.206. The summed E-state index contributed by atoms with van der Waals surface area (Å²) in [6, 6.07) is 0. The maximum absolute atomic E-state index is 3.88. The summed E-state index contributed by atoms with van der Waals surface area (Å²) in [5.74, 6) is 0. The molecule has 0 N–H and O–H groups in total. The molecule has 0 spiro atoms. The Labute approximate surface area is 162 Å². The molecule has 0 bridgehead atoms. The molecule has 0 saturated carbocycles. The monoisotopic (exact) mass is 409 g/mol. The van der Waals surface area contributed by atoms with Crippen molar-refractivity contribution in [2.45, 2.75) is 110 Å². The van der Waals surface area contributed by atoms with E-state index in [0.29, 0.717) is 0 Å². The second kappa shape index (κ2) is 25.3. The van der Waals surface area contributed by atoms with Gasteiger partial charge in [-0.2, -0.15) is 6.42 Å². The van der Waals surface area contributed by atoms with Crippen LogP contribution in [-0.2, 0) is 5.48 Å². The molecule has 20 heavy (non-hydrogen) atoms. The molecular formula is C18H37CeO. The van der Waals surface area contributed by atoms with Crippen LogP contribution in [-0.4, -0.2) is 0 Å². The minimum Gasteiger partial charge on any atom is -2.00 e. The molecule has 0 saturated heterocycles. The average Bonchev–Trinajstić information content (AvgIpc) is 2.39. The zero-order valence-electron chi connectivity index (χ0n) is 13.9. The molecule has 0 atom stereocenters. The molecule has 0 aliphatic heterocycles. The van der Waals surface area contributed by atoms with Crippen molar-refractivity contribution in [3.05, 3.63) is 6.92 Å². The van der Waals surface area contributed by atoms with Gasteiger partial charge in [0.2, 0.25) is 0 Å². The molecule has 0 heterocycles. The molecule has 0 aromatic carbocycles. The van der Waals surface area contributed by atoms with Crippen molar-refractivity contribution in [3.63, 3.8) is 0 Å². The van der Waals surface area contributed by atoms with Gasteiger partial charge in [0.1, 0.15) is 0 Å². The van der Waals surface area contributed by atoms with Gasteiger partial charge < -0.3 is 12.4 Å². The van der Waals surface area contributed by atoms with Crippen LogP contribution in [0.25, 0.3) is 0 Å². The first-order chi connectivity index (χ1) is 8.91. The molecule has 0 rings (SSSR count). The van der Waals surface area contributed by atoms with E-state index in [4.69, 9.17) is 0 Å². The fourth-order valence-corrected chi connectivity index (χ4v) is 2.55. The first-order valence-electron chi connectivity index (χ1n) is 8.71. The van der Waals surface area contributed by atoms with Crippen LogP contribution >= 0.6 is 0 Å². The van der Waals surface area contributed by atoms with Gasteiger partial charge in [-0.3, -0.25) is 0 Å². The van der Waals surface area contributed by atoms with Crippen LogP contribution in [0.2, 0.25) is 0 Å². The molecule has 0 aromatic heterocycles. The molecule has 0 fully saturated rings. The third-order valence-corrected chi connectivity index (χ3v) is 3.85. The van der Waals surface area contributed by atoms with E-state index in [1.165, 1.54) is 96.3 Å². The van der Waals surface area contributed by atoms with E-state index in [-0.39, 0.29) is 47.2 Å². The van der Waals surface area contributed by atoms with Crippen LogP contribution in [0, 0.1) is 48.7 Å². The summed E-state index contributed by atoms with van der Waals surface area (Å²) in [4.78, 5) is 0. The third kappa shape index (κ3) is 24.4. The van der Waals surface area contributed by atoms with Crippen molar-refractivity contribution in [1.29, 1.82) is 0 Å². The third-order valence-electron chi connectivity index (χ3n) is 3.85. The van der Waals surface area contributed by atoms with Crippen LogP contribution in [0.3, 0.4) is 0 Å². The molecule has 2 heteroatoms. The predicted octanol–water partition coefficient (Wildman–Crippen LogP) is 6.96. The Morgan fingerprint density at radius 2 is 0.750 bits per heavy atom. The second-order valence-corrected chi connectivity index (χ2v) is 5.80. The number of unbranched alkanes of at least 4 members (excludes halogenated alkanes) is 15. The predicted molar refractivity (Wildman–Crippen MR) is 85.6 cm³/mol. The van der Waals surface area contributed by atoms with Crippen molar-refractivity contribution in [2.24, 2.45) is 0 Å². The maximum atomic E-state index is 3.88. The van der Waals surface area contributed by atoms with Crippen LogP contribution < -0.4 is 0 Å². The van der Waals surface area contributed by atoms with Crippen LogP contribution in [0.5, 0.6) is 0 Å². The summed E-state index contributed by atoms with van der Waals surface area (Å²) in [6.07, 6.45) is 22.8. The van der Waals surface area contributed by atoms with Gasteiger partial charge in [0.05, 0.1) is 0 Å². The van der Waals surface area contributed by atoms with Gasteiger partial charge in [-0.1, -0.05) is 103 Å². The summed E-state index contributed by atoms with van der Waals surface area (Å²) < 4.78 is 0. The van der Waals surface area contributed by atoms with Crippen LogP contribution in [0.1, 0.15) is 110 Å². The van der Waals surface area contributed by atoms with Crippen LogP contribution in [0.15, 0.2) is 0 Å². The topological polar surface area (TPSA) is 28.5 Å².